The topological polar surface area (TPSA) is 43.1 Å². The summed E-state index contributed by atoms with van der Waals surface area (Å²) in [4.78, 5) is 10.9. The number of carbonyl (C=O) groups is 1. The van der Waals surface area contributed by atoms with Crippen LogP contribution in [0.25, 0.3) is 11.1 Å². The summed E-state index contributed by atoms with van der Waals surface area (Å²) in [5.74, 6) is -0.543. The average molecular weight is 302 g/mol. The molecule has 20 heavy (non-hydrogen) atoms. The Morgan fingerprint density at radius 1 is 0.850 bits per heavy atom. The zero-order chi connectivity index (χ0) is 14.0. The van der Waals surface area contributed by atoms with Gasteiger partial charge in [-0.1, -0.05) is 24.3 Å². The third-order valence-corrected chi connectivity index (χ3v) is 2.71. The van der Waals surface area contributed by atoms with Gasteiger partial charge in [0, 0.05) is 5.56 Å². The van der Waals surface area contributed by atoms with Gasteiger partial charge in [-0.3, -0.25) is 4.79 Å². The molecule has 0 saturated heterocycles. The van der Waals surface area contributed by atoms with Crippen LogP contribution >= 0.6 is 12.4 Å². The molecule has 1 amide bonds. The standard InChI is InChI=1S/C14H10F3NO.ClH/c15-14(16,17)12-7-5-10(6-8-12)9-1-3-11(4-2-9)13(18)19;/h1-8H,(H2,18,19);1H. The van der Waals surface area contributed by atoms with Crippen molar-refractivity contribution in [2.45, 2.75) is 6.18 Å². The molecule has 2 aromatic rings. The number of amides is 1. The number of primary amides is 1. The number of rotatable bonds is 2. The average Bonchev–Trinajstić information content (AvgIpc) is 2.38. The molecule has 2 N–H and O–H groups in total. The van der Waals surface area contributed by atoms with Crippen LogP contribution in [0.5, 0.6) is 0 Å². The van der Waals surface area contributed by atoms with Crippen LogP contribution in [0.2, 0.25) is 0 Å². The number of nitrogens with two attached hydrogens (primary N) is 1. The minimum atomic E-state index is -4.34. The zero-order valence-corrected chi connectivity index (χ0v) is 11.0. The highest BCUT2D eigenvalue weighted by molar-refractivity contribution is 5.93. The smallest absolute Gasteiger partial charge is 0.366 e. The number of halogens is 4. The molecule has 2 rings (SSSR count). The number of benzene rings is 2. The van der Waals surface area contributed by atoms with Crippen molar-refractivity contribution < 1.29 is 18.0 Å². The molecule has 0 aromatic heterocycles. The van der Waals surface area contributed by atoms with Crippen molar-refractivity contribution in [3.05, 3.63) is 59.7 Å². The molecule has 6 heteroatoms. The maximum atomic E-state index is 12.4. The van der Waals surface area contributed by atoms with Crippen LogP contribution in [0.15, 0.2) is 48.5 Å². The number of hydrogen-bond acceptors (Lipinski definition) is 1. The molecule has 0 fully saturated rings. The van der Waals surface area contributed by atoms with Gasteiger partial charge in [0.15, 0.2) is 0 Å². The summed E-state index contributed by atoms with van der Waals surface area (Å²) in [6, 6.07) is 11.2. The van der Waals surface area contributed by atoms with Crippen LogP contribution in [-0.2, 0) is 6.18 Å². The van der Waals surface area contributed by atoms with Crippen molar-refractivity contribution in [2.75, 3.05) is 0 Å². The van der Waals surface area contributed by atoms with Crippen molar-refractivity contribution in [1.82, 2.24) is 0 Å². The Morgan fingerprint density at radius 3 is 1.60 bits per heavy atom. The SMILES string of the molecule is Cl.NC(=O)c1ccc(-c2ccc(C(F)(F)F)cc2)cc1. The maximum Gasteiger partial charge on any atom is 0.416 e. The van der Waals surface area contributed by atoms with Gasteiger partial charge in [0.05, 0.1) is 5.56 Å². The first-order valence-electron chi connectivity index (χ1n) is 5.45. The van der Waals surface area contributed by atoms with Gasteiger partial charge >= 0.3 is 6.18 Å². The van der Waals surface area contributed by atoms with E-state index in [1.54, 1.807) is 12.1 Å². The van der Waals surface area contributed by atoms with Crippen LogP contribution < -0.4 is 5.73 Å². The van der Waals surface area contributed by atoms with Crippen molar-refractivity contribution in [2.24, 2.45) is 5.73 Å². The summed E-state index contributed by atoms with van der Waals surface area (Å²) in [6.07, 6.45) is -4.34. The highest BCUT2D eigenvalue weighted by atomic mass is 35.5. The van der Waals surface area contributed by atoms with Crippen LogP contribution in [0.3, 0.4) is 0 Å². The fourth-order valence-electron chi connectivity index (χ4n) is 1.68. The minimum Gasteiger partial charge on any atom is -0.366 e. The molecule has 0 aliphatic heterocycles. The predicted molar refractivity (Wildman–Crippen MR) is 72.6 cm³/mol. The van der Waals surface area contributed by atoms with Gasteiger partial charge in [0.1, 0.15) is 0 Å². The van der Waals surface area contributed by atoms with E-state index in [9.17, 15) is 18.0 Å². The van der Waals surface area contributed by atoms with Crippen LogP contribution in [-0.4, -0.2) is 5.91 Å². The molecule has 0 aliphatic rings. The monoisotopic (exact) mass is 301 g/mol. The van der Waals surface area contributed by atoms with E-state index in [-0.39, 0.29) is 12.4 Å². The van der Waals surface area contributed by atoms with E-state index in [0.29, 0.717) is 11.1 Å². The molecule has 0 bridgehead atoms. The largest absolute Gasteiger partial charge is 0.416 e. The van der Waals surface area contributed by atoms with Crippen LogP contribution in [0.1, 0.15) is 15.9 Å². The summed E-state index contributed by atoms with van der Waals surface area (Å²) < 4.78 is 37.2. The molecule has 2 nitrogen and oxygen atoms in total. The van der Waals surface area contributed by atoms with Gasteiger partial charge in [-0.25, -0.2) is 0 Å². The lowest BCUT2D eigenvalue weighted by Crippen LogP contribution is -2.10. The predicted octanol–water partition coefficient (Wildman–Crippen LogP) is 3.89. The highest BCUT2D eigenvalue weighted by Gasteiger charge is 2.29. The lowest BCUT2D eigenvalue weighted by atomic mass is 10.0. The minimum absolute atomic E-state index is 0. The van der Waals surface area contributed by atoms with E-state index in [1.807, 2.05) is 0 Å². The maximum absolute atomic E-state index is 12.4. The molecule has 0 unspecified atom stereocenters. The Hall–Kier alpha value is -2.01. The van der Waals surface area contributed by atoms with Gasteiger partial charge in [-0.15, -0.1) is 12.4 Å². The molecule has 0 heterocycles. The number of alkyl halides is 3. The van der Waals surface area contributed by atoms with E-state index in [4.69, 9.17) is 5.73 Å². The van der Waals surface area contributed by atoms with Gasteiger partial charge in [0.25, 0.3) is 0 Å². The highest BCUT2D eigenvalue weighted by Crippen LogP contribution is 2.30. The lowest BCUT2D eigenvalue weighted by molar-refractivity contribution is -0.137. The van der Waals surface area contributed by atoms with E-state index in [1.165, 1.54) is 24.3 Å². The summed E-state index contributed by atoms with van der Waals surface area (Å²) in [6.45, 7) is 0. The van der Waals surface area contributed by atoms with E-state index in [0.717, 1.165) is 17.7 Å². The molecule has 0 aliphatic carbocycles. The second kappa shape index (κ2) is 5.96. The Bertz CT molecular complexity index is 591. The molecule has 0 spiro atoms. The molecular formula is C14H11ClF3NO. The summed E-state index contributed by atoms with van der Waals surface area (Å²) >= 11 is 0. The summed E-state index contributed by atoms with van der Waals surface area (Å²) in [5, 5.41) is 0. The second-order valence-corrected chi connectivity index (χ2v) is 4.02. The van der Waals surface area contributed by atoms with Gasteiger partial charge < -0.3 is 5.73 Å². The fourth-order valence-corrected chi connectivity index (χ4v) is 1.68. The third kappa shape index (κ3) is 3.51. The Kier molecular flexibility index (Phi) is 4.78. The van der Waals surface area contributed by atoms with Gasteiger partial charge in [0.2, 0.25) is 5.91 Å². The second-order valence-electron chi connectivity index (χ2n) is 4.02. The van der Waals surface area contributed by atoms with E-state index >= 15 is 0 Å². The molecular weight excluding hydrogens is 291 g/mol. The van der Waals surface area contributed by atoms with Crippen LogP contribution in [0, 0.1) is 0 Å². The Labute approximate surface area is 119 Å². The molecule has 0 radical (unpaired) electrons. The molecule has 106 valence electrons. The summed E-state index contributed by atoms with van der Waals surface area (Å²) in [7, 11) is 0. The first-order valence-corrected chi connectivity index (χ1v) is 5.45. The number of carbonyl (C=O) groups excluding carboxylic acids is 1. The first kappa shape index (κ1) is 16.0. The molecule has 0 saturated carbocycles. The quantitative estimate of drug-likeness (QED) is 0.898. The fraction of sp³-hybridized carbons (Fsp3) is 0.0714. The first-order chi connectivity index (χ1) is 8.88. The van der Waals surface area contributed by atoms with Crippen molar-refractivity contribution in [3.63, 3.8) is 0 Å². The van der Waals surface area contributed by atoms with E-state index < -0.39 is 17.6 Å². The number of hydrogen-bond donors (Lipinski definition) is 1. The molecule has 2 aromatic carbocycles. The van der Waals surface area contributed by atoms with Crippen molar-refractivity contribution in [3.8, 4) is 11.1 Å². The Morgan fingerprint density at radius 2 is 1.25 bits per heavy atom. The zero-order valence-electron chi connectivity index (χ0n) is 10.1. The van der Waals surface area contributed by atoms with Crippen molar-refractivity contribution in [1.29, 1.82) is 0 Å². The van der Waals surface area contributed by atoms with E-state index in [2.05, 4.69) is 0 Å². The van der Waals surface area contributed by atoms with Crippen molar-refractivity contribution >= 4 is 18.3 Å². The Balaban J connectivity index is 0.00000200. The summed E-state index contributed by atoms with van der Waals surface area (Å²) in [5.41, 5.74) is 6.14. The lowest BCUT2D eigenvalue weighted by Gasteiger charge is -2.08. The van der Waals surface area contributed by atoms with Crippen LogP contribution in [0.4, 0.5) is 13.2 Å². The normalized spacial score (nSPS) is 10.8. The molecule has 0 atom stereocenters. The van der Waals surface area contributed by atoms with Gasteiger partial charge in [-0.05, 0) is 35.4 Å². The van der Waals surface area contributed by atoms with Gasteiger partial charge in [-0.2, -0.15) is 13.2 Å². The third-order valence-electron chi connectivity index (χ3n) is 2.71.